The van der Waals surface area contributed by atoms with E-state index in [-0.39, 0.29) is 22.9 Å². The molecular formula is C17H15ClFN5O2. The number of halogens is 2. The molecular weight excluding hydrogens is 361 g/mol. The third-order valence-corrected chi connectivity index (χ3v) is 4.21. The fourth-order valence-corrected chi connectivity index (χ4v) is 2.85. The first kappa shape index (κ1) is 17.8. The number of nitrogens with two attached hydrogens (primary N) is 2. The van der Waals surface area contributed by atoms with Crippen molar-refractivity contribution in [3.63, 3.8) is 0 Å². The van der Waals surface area contributed by atoms with Crippen molar-refractivity contribution in [1.29, 1.82) is 0 Å². The molecule has 1 aromatic heterocycles. The number of rotatable bonds is 3. The largest absolute Gasteiger partial charge is 0.465 e. The fourth-order valence-electron chi connectivity index (χ4n) is 2.61. The van der Waals surface area contributed by atoms with Crippen molar-refractivity contribution in [2.45, 2.75) is 6.04 Å². The van der Waals surface area contributed by atoms with Gasteiger partial charge in [-0.05, 0) is 18.2 Å². The van der Waals surface area contributed by atoms with Crippen LogP contribution in [-0.4, -0.2) is 28.9 Å². The molecule has 3 rings (SSSR count). The predicted molar refractivity (Wildman–Crippen MR) is 94.2 cm³/mol. The first-order chi connectivity index (χ1) is 12.5. The summed E-state index contributed by atoms with van der Waals surface area (Å²) in [5, 5.41) is 1.27. The molecule has 1 aromatic carbocycles. The molecule has 0 spiro atoms. The molecule has 0 fully saturated rings. The van der Waals surface area contributed by atoms with Gasteiger partial charge in [0.25, 0.3) is 0 Å². The summed E-state index contributed by atoms with van der Waals surface area (Å²) in [7, 11) is 1.21. The zero-order chi connectivity index (χ0) is 18.8. The minimum absolute atomic E-state index is 0.00295. The van der Waals surface area contributed by atoms with Gasteiger partial charge in [0.15, 0.2) is 11.7 Å². The van der Waals surface area contributed by atoms with Crippen molar-refractivity contribution in [3.05, 3.63) is 76.1 Å². The number of benzene rings is 1. The van der Waals surface area contributed by atoms with E-state index < -0.39 is 17.8 Å². The number of hydrogen-bond acceptors (Lipinski definition) is 7. The van der Waals surface area contributed by atoms with Crippen molar-refractivity contribution in [1.82, 2.24) is 9.99 Å². The highest BCUT2D eigenvalue weighted by atomic mass is 35.5. The van der Waals surface area contributed by atoms with Crippen LogP contribution in [0.4, 0.5) is 4.39 Å². The van der Waals surface area contributed by atoms with E-state index in [0.29, 0.717) is 10.6 Å². The molecule has 0 amide bonds. The van der Waals surface area contributed by atoms with Crippen LogP contribution in [0.1, 0.15) is 17.3 Å². The van der Waals surface area contributed by atoms with Gasteiger partial charge in [0, 0.05) is 16.8 Å². The number of hydrazine groups is 1. The number of carbonyl (C=O) groups is 1. The lowest BCUT2D eigenvalue weighted by Gasteiger charge is -2.31. The molecule has 2 aromatic rings. The van der Waals surface area contributed by atoms with Crippen LogP contribution in [-0.2, 0) is 9.53 Å². The number of amidine groups is 1. The van der Waals surface area contributed by atoms with E-state index in [2.05, 4.69) is 9.98 Å². The summed E-state index contributed by atoms with van der Waals surface area (Å²) in [6.45, 7) is 0. The average Bonchev–Trinajstić information content (AvgIpc) is 2.64. The highest BCUT2D eigenvalue weighted by Gasteiger charge is 2.36. The summed E-state index contributed by atoms with van der Waals surface area (Å²) in [6, 6.07) is 8.54. The third kappa shape index (κ3) is 3.00. The Morgan fingerprint density at radius 2 is 2.04 bits per heavy atom. The molecule has 1 atom stereocenters. The van der Waals surface area contributed by atoms with Crippen LogP contribution in [0.5, 0.6) is 0 Å². The van der Waals surface area contributed by atoms with Gasteiger partial charge in [-0.25, -0.2) is 25.0 Å². The minimum Gasteiger partial charge on any atom is -0.465 e. The van der Waals surface area contributed by atoms with Crippen LogP contribution in [0.3, 0.4) is 0 Å². The first-order valence-electron chi connectivity index (χ1n) is 7.51. The molecule has 0 saturated carbocycles. The number of aliphatic imine (C=N–C) groups is 1. The molecule has 1 aliphatic heterocycles. The highest BCUT2D eigenvalue weighted by Crippen LogP contribution is 2.36. The van der Waals surface area contributed by atoms with Crippen LogP contribution < -0.4 is 11.6 Å². The Bertz CT molecular complexity index is 931. The highest BCUT2D eigenvalue weighted by molar-refractivity contribution is 6.31. The summed E-state index contributed by atoms with van der Waals surface area (Å²) in [6.07, 6.45) is 1.40. The maximum Gasteiger partial charge on any atom is 0.340 e. The molecule has 0 bridgehead atoms. The van der Waals surface area contributed by atoms with Gasteiger partial charge in [0.1, 0.15) is 23.1 Å². The van der Waals surface area contributed by atoms with Gasteiger partial charge in [0.2, 0.25) is 0 Å². The third-order valence-electron chi connectivity index (χ3n) is 3.86. The van der Waals surface area contributed by atoms with Crippen LogP contribution in [0.2, 0.25) is 5.02 Å². The van der Waals surface area contributed by atoms with Gasteiger partial charge in [0.05, 0.1) is 7.11 Å². The second kappa shape index (κ2) is 7.11. The topological polar surface area (TPSA) is 107 Å². The summed E-state index contributed by atoms with van der Waals surface area (Å²) in [4.78, 5) is 20.7. The number of hydrogen-bond donors (Lipinski definition) is 2. The maximum absolute atomic E-state index is 14.2. The van der Waals surface area contributed by atoms with E-state index in [9.17, 15) is 9.18 Å². The van der Waals surface area contributed by atoms with Crippen molar-refractivity contribution < 1.29 is 13.9 Å². The van der Waals surface area contributed by atoms with Gasteiger partial charge in [-0.3, -0.25) is 4.99 Å². The van der Waals surface area contributed by atoms with E-state index in [1.54, 1.807) is 24.3 Å². The van der Waals surface area contributed by atoms with Gasteiger partial charge in [-0.15, -0.1) is 0 Å². The lowest BCUT2D eigenvalue weighted by molar-refractivity contribution is -0.136. The van der Waals surface area contributed by atoms with Crippen molar-refractivity contribution >= 4 is 23.4 Å². The van der Waals surface area contributed by atoms with Crippen molar-refractivity contribution in [3.8, 4) is 0 Å². The molecule has 2 heterocycles. The SMILES string of the molecule is COC(=O)C1=C(N)N(N)C(c2ncccc2F)=NC1c1ccccc1Cl. The number of methoxy groups -OCH3 is 1. The van der Waals surface area contributed by atoms with Gasteiger partial charge in [-0.2, -0.15) is 0 Å². The molecule has 7 nitrogen and oxygen atoms in total. The molecule has 134 valence electrons. The fraction of sp³-hybridized carbons (Fsp3) is 0.118. The number of esters is 1. The normalized spacial score (nSPS) is 17.2. The molecule has 0 aliphatic carbocycles. The summed E-state index contributed by atoms with van der Waals surface area (Å²) in [5.74, 6) is 4.45. The van der Waals surface area contributed by atoms with Crippen LogP contribution in [0.25, 0.3) is 0 Å². The zero-order valence-electron chi connectivity index (χ0n) is 13.7. The van der Waals surface area contributed by atoms with Gasteiger partial charge >= 0.3 is 5.97 Å². The van der Waals surface area contributed by atoms with E-state index in [1.165, 1.54) is 25.4 Å². The summed E-state index contributed by atoms with van der Waals surface area (Å²) in [5.41, 5.74) is 6.46. The van der Waals surface area contributed by atoms with E-state index in [1.807, 2.05) is 0 Å². The molecule has 0 radical (unpaired) electrons. The number of nitrogens with zero attached hydrogens (tertiary/aromatic N) is 3. The Hall–Kier alpha value is -2.97. The van der Waals surface area contributed by atoms with E-state index >= 15 is 0 Å². The molecule has 0 saturated heterocycles. The molecule has 9 heteroatoms. The molecule has 26 heavy (non-hydrogen) atoms. The Kier molecular flexibility index (Phi) is 4.88. The zero-order valence-corrected chi connectivity index (χ0v) is 14.4. The van der Waals surface area contributed by atoms with Crippen LogP contribution >= 0.6 is 11.6 Å². The average molecular weight is 376 g/mol. The summed E-state index contributed by atoms with van der Waals surface area (Å²) < 4.78 is 19.0. The van der Waals surface area contributed by atoms with Crippen LogP contribution in [0, 0.1) is 5.82 Å². The van der Waals surface area contributed by atoms with Crippen LogP contribution in [0.15, 0.2) is 59.0 Å². The lowest BCUT2D eigenvalue weighted by atomic mass is 9.97. The Balaban J connectivity index is 2.23. The number of carbonyl (C=O) groups excluding carboxylic acids is 1. The smallest absolute Gasteiger partial charge is 0.340 e. The monoisotopic (exact) mass is 375 g/mol. The quantitative estimate of drug-likeness (QED) is 0.626. The number of aromatic nitrogens is 1. The van der Waals surface area contributed by atoms with Gasteiger partial charge in [-0.1, -0.05) is 29.8 Å². The van der Waals surface area contributed by atoms with E-state index in [4.69, 9.17) is 27.9 Å². The lowest BCUT2D eigenvalue weighted by Crippen LogP contribution is -2.46. The minimum atomic E-state index is -0.924. The molecule has 1 aliphatic rings. The molecule has 4 N–H and O–H groups in total. The van der Waals surface area contributed by atoms with Gasteiger partial charge < -0.3 is 10.5 Å². The van der Waals surface area contributed by atoms with Crippen molar-refractivity contribution in [2.24, 2.45) is 16.6 Å². The Morgan fingerprint density at radius 1 is 1.31 bits per heavy atom. The predicted octanol–water partition coefficient (Wildman–Crippen LogP) is 1.89. The second-order valence-corrected chi connectivity index (χ2v) is 5.78. The Labute approximate surface area is 153 Å². The van der Waals surface area contributed by atoms with E-state index in [0.717, 1.165) is 5.01 Å². The maximum atomic E-state index is 14.2. The molecule has 1 unspecified atom stereocenters. The second-order valence-electron chi connectivity index (χ2n) is 5.37. The summed E-state index contributed by atoms with van der Waals surface area (Å²) >= 11 is 6.26. The first-order valence-corrected chi connectivity index (χ1v) is 7.89. The Morgan fingerprint density at radius 3 is 2.69 bits per heavy atom. The number of pyridine rings is 1. The van der Waals surface area contributed by atoms with Crippen molar-refractivity contribution in [2.75, 3.05) is 7.11 Å². The standard InChI is InChI=1S/C17H15ClFN5O2/c1-26-17(25)12-13(9-5-2-3-6-10(9)18)23-16(24(21)15(12)20)14-11(19)7-4-8-22-14/h2-8,13H,20-21H2,1H3. The number of ether oxygens (including phenoxy) is 1.